The first-order valence-corrected chi connectivity index (χ1v) is 12.0. The van der Waals surface area contributed by atoms with Crippen LogP contribution >= 0.6 is 0 Å². The van der Waals surface area contributed by atoms with Crippen molar-refractivity contribution in [1.29, 1.82) is 0 Å². The summed E-state index contributed by atoms with van der Waals surface area (Å²) in [5.74, 6) is 2.85. The lowest BCUT2D eigenvalue weighted by Crippen LogP contribution is -2.48. The summed E-state index contributed by atoms with van der Waals surface area (Å²) in [6.07, 6.45) is 8.62. The summed E-state index contributed by atoms with van der Waals surface area (Å²) in [6.45, 7) is 0. The van der Waals surface area contributed by atoms with Gasteiger partial charge in [-0.25, -0.2) is 0 Å². The van der Waals surface area contributed by atoms with Gasteiger partial charge in [0, 0.05) is 39.6 Å². The molecule has 9 rings (SSSR count). The summed E-state index contributed by atoms with van der Waals surface area (Å²) in [5, 5.41) is 5.30. The maximum absolute atomic E-state index is 6.51. The third kappa shape index (κ3) is 2.09. The van der Waals surface area contributed by atoms with Crippen LogP contribution in [-0.2, 0) is 12.5 Å². The molecule has 0 radical (unpaired) electrons. The van der Waals surface area contributed by atoms with Gasteiger partial charge < -0.3 is 8.98 Å². The Hall–Kier alpha value is -2.74. The van der Waals surface area contributed by atoms with E-state index in [1.165, 1.54) is 71.1 Å². The van der Waals surface area contributed by atoms with Gasteiger partial charge in [-0.3, -0.25) is 0 Å². The molecular formula is C29H27NO. The van der Waals surface area contributed by atoms with E-state index in [2.05, 4.69) is 66.2 Å². The predicted molar refractivity (Wildman–Crippen MR) is 128 cm³/mol. The molecule has 0 N–H and O–H groups in total. The van der Waals surface area contributed by atoms with Crippen LogP contribution in [0.5, 0.6) is 0 Å². The Bertz CT molecular complexity index is 1500. The van der Waals surface area contributed by atoms with Crippen LogP contribution in [-0.4, -0.2) is 4.57 Å². The Labute approximate surface area is 181 Å². The maximum atomic E-state index is 6.51. The second-order valence-corrected chi connectivity index (χ2v) is 10.9. The van der Waals surface area contributed by atoms with Crippen LogP contribution < -0.4 is 0 Å². The minimum atomic E-state index is 0.374. The van der Waals surface area contributed by atoms with Crippen molar-refractivity contribution >= 4 is 43.7 Å². The van der Waals surface area contributed by atoms with Crippen LogP contribution in [0.15, 0.2) is 59.0 Å². The minimum Gasteiger partial charge on any atom is -0.456 e. The average molecular weight is 406 g/mol. The van der Waals surface area contributed by atoms with Crippen LogP contribution in [0.25, 0.3) is 43.7 Å². The SMILES string of the molecule is Cn1c2ccccc2c2cc3oc4cccc(C56CC7CC(CC(C7)C5)C6)c4c3cc21. The lowest BCUT2D eigenvalue weighted by atomic mass is 9.48. The van der Waals surface area contributed by atoms with E-state index in [0.29, 0.717) is 5.41 Å². The maximum Gasteiger partial charge on any atom is 0.136 e. The Kier molecular flexibility index (Phi) is 3.02. The second kappa shape index (κ2) is 5.54. The molecular weight excluding hydrogens is 378 g/mol. The molecule has 5 aromatic rings. The summed E-state index contributed by atoms with van der Waals surface area (Å²) in [7, 11) is 2.19. The number of benzene rings is 3. The molecule has 2 nitrogen and oxygen atoms in total. The number of aryl methyl sites for hydroxylation is 1. The van der Waals surface area contributed by atoms with Crippen molar-refractivity contribution < 1.29 is 4.42 Å². The van der Waals surface area contributed by atoms with Gasteiger partial charge in [0.25, 0.3) is 0 Å². The van der Waals surface area contributed by atoms with Gasteiger partial charge in [0.15, 0.2) is 0 Å². The lowest BCUT2D eigenvalue weighted by Gasteiger charge is -2.57. The Morgan fingerprint density at radius 1 is 0.742 bits per heavy atom. The van der Waals surface area contributed by atoms with Gasteiger partial charge in [0.1, 0.15) is 11.2 Å². The molecule has 4 aliphatic carbocycles. The minimum absolute atomic E-state index is 0.374. The molecule has 0 aliphatic heterocycles. The van der Waals surface area contributed by atoms with Crippen molar-refractivity contribution in [3.05, 3.63) is 60.2 Å². The van der Waals surface area contributed by atoms with Crippen molar-refractivity contribution in [2.24, 2.45) is 24.8 Å². The molecule has 4 bridgehead atoms. The summed E-state index contributed by atoms with van der Waals surface area (Å²) in [4.78, 5) is 0. The van der Waals surface area contributed by atoms with Crippen molar-refractivity contribution in [2.45, 2.75) is 43.9 Å². The Morgan fingerprint density at radius 2 is 1.48 bits per heavy atom. The van der Waals surface area contributed by atoms with E-state index in [1.54, 1.807) is 5.56 Å². The molecule has 154 valence electrons. The zero-order valence-corrected chi connectivity index (χ0v) is 18.0. The van der Waals surface area contributed by atoms with Crippen molar-refractivity contribution in [1.82, 2.24) is 4.57 Å². The number of furan rings is 1. The first-order valence-electron chi connectivity index (χ1n) is 12.0. The number of aromatic nitrogens is 1. The Balaban J connectivity index is 1.45. The third-order valence-corrected chi connectivity index (χ3v) is 9.14. The first kappa shape index (κ1) is 16.9. The number of fused-ring (bicyclic) bond motifs is 6. The molecule has 2 heteroatoms. The highest BCUT2D eigenvalue weighted by Gasteiger charge is 2.52. The third-order valence-electron chi connectivity index (χ3n) is 9.14. The summed E-state index contributed by atoms with van der Waals surface area (Å²) in [5.41, 5.74) is 6.66. The molecule has 4 saturated carbocycles. The largest absolute Gasteiger partial charge is 0.456 e. The summed E-state index contributed by atoms with van der Waals surface area (Å²) in [6, 6.07) is 20.3. The van der Waals surface area contributed by atoms with E-state index >= 15 is 0 Å². The fraction of sp³-hybridized carbons (Fsp3) is 0.379. The monoisotopic (exact) mass is 405 g/mol. The number of para-hydroxylation sites is 1. The highest BCUT2D eigenvalue weighted by atomic mass is 16.3. The Morgan fingerprint density at radius 3 is 2.26 bits per heavy atom. The molecule has 4 aliphatic rings. The van der Waals surface area contributed by atoms with Crippen LogP contribution in [0.3, 0.4) is 0 Å². The van der Waals surface area contributed by atoms with Crippen LogP contribution in [0.4, 0.5) is 0 Å². The summed E-state index contributed by atoms with van der Waals surface area (Å²) < 4.78 is 8.86. The predicted octanol–water partition coefficient (Wildman–Crippen LogP) is 7.70. The molecule has 0 unspecified atom stereocenters. The second-order valence-electron chi connectivity index (χ2n) is 10.9. The van der Waals surface area contributed by atoms with E-state index in [0.717, 1.165) is 28.9 Å². The van der Waals surface area contributed by atoms with Crippen LogP contribution in [0.2, 0.25) is 0 Å². The topological polar surface area (TPSA) is 18.1 Å². The average Bonchev–Trinajstić information content (AvgIpc) is 3.27. The fourth-order valence-corrected chi connectivity index (χ4v) is 8.36. The van der Waals surface area contributed by atoms with Crippen LogP contribution in [0, 0.1) is 17.8 Å². The van der Waals surface area contributed by atoms with Gasteiger partial charge in [-0.05, 0) is 91.5 Å². The zero-order valence-electron chi connectivity index (χ0n) is 18.0. The van der Waals surface area contributed by atoms with Crippen molar-refractivity contribution in [3.8, 4) is 0 Å². The van der Waals surface area contributed by atoms with E-state index < -0.39 is 0 Å². The van der Waals surface area contributed by atoms with Crippen molar-refractivity contribution in [3.63, 3.8) is 0 Å². The van der Waals surface area contributed by atoms with E-state index in [-0.39, 0.29) is 0 Å². The smallest absolute Gasteiger partial charge is 0.136 e. The zero-order chi connectivity index (χ0) is 20.3. The van der Waals surface area contributed by atoms with Crippen LogP contribution in [0.1, 0.15) is 44.1 Å². The summed E-state index contributed by atoms with van der Waals surface area (Å²) >= 11 is 0. The van der Waals surface area contributed by atoms with Gasteiger partial charge in [-0.15, -0.1) is 0 Å². The highest BCUT2D eigenvalue weighted by molar-refractivity contribution is 6.17. The quantitative estimate of drug-likeness (QED) is 0.279. The molecule has 3 aromatic carbocycles. The molecule has 0 spiro atoms. The highest BCUT2D eigenvalue weighted by Crippen LogP contribution is 2.62. The van der Waals surface area contributed by atoms with Gasteiger partial charge >= 0.3 is 0 Å². The normalized spacial score (nSPS) is 29.8. The van der Waals surface area contributed by atoms with E-state index in [4.69, 9.17) is 4.42 Å². The van der Waals surface area contributed by atoms with Gasteiger partial charge in [-0.1, -0.05) is 30.3 Å². The fourth-order valence-electron chi connectivity index (χ4n) is 8.36. The molecule has 0 amide bonds. The number of nitrogens with zero attached hydrogens (tertiary/aromatic N) is 1. The number of hydrogen-bond acceptors (Lipinski definition) is 1. The molecule has 0 saturated heterocycles. The van der Waals surface area contributed by atoms with E-state index in [9.17, 15) is 0 Å². The standard InChI is InChI=1S/C29H27NO/c1-30-24-7-3-2-5-20(24)21-13-27-22(12-25(21)30)28-23(6-4-8-26(28)31-27)29-14-17-9-18(15-29)11-19(10-17)16-29/h2-8,12-13,17-19H,9-11,14-16H2,1H3. The van der Waals surface area contributed by atoms with Gasteiger partial charge in [-0.2, -0.15) is 0 Å². The van der Waals surface area contributed by atoms with Gasteiger partial charge in [0.2, 0.25) is 0 Å². The molecule has 2 heterocycles. The number of hydrogen-bond donors (Lipinski definition) is 0. The first-order chi connectivity index (χ1) is 15.2. The van der Waals surface area contributed by atoms with Crippen molar-refractivity contribution in [2.75, 3.05) is 0 Å². The molecule has 0 atom stereocenters. The molecule has 2 aromatic heterocycles. The van der Waals surface area contributed by atoms with Gasteiger partial charge in [0.05, 0.1) is 0 Å². The molecule has 4 fully saturated rings. The van der Waals surface area contributed by atoms with E-state index in [1.807, 2.05) is 0 Å². The molecule has 31 heavy (non-hydrogen) atoms. The number of rotatable bonds is 1. The lowest BCUT2D eigenvalue weighted by molar-refractivity contribution is -0.00448.